The average molecular weight is 252 g/mol. The lowest BCUT2D eigenvalue weighted by Gasteiger charge is -2.05. The Morgan fingerprint density at radius 3 is 3.00 bits per heavy atom. The highest BCUT2D eigenvalue weighted by atomic mass is 32.2. The highest BCUT2D eigenvalue weighted by Crippen LogP contribution is 2.27. The van der Waals surface area contributed by atoms with Crippen LogP contribution in [-0.2, 0) is 6.54 Å². The summed E-state index contributed by atoms with van der Waals surface area (Å²) in [7, 11) is 0. The Bertz CT molecular complexity index is 472. The Labute approximate surface area is 103 Å². The van der Waals surface area contributed by atoms with Crippen molar-refractivity contribution in [1.82, 2.24) is 20.5 Å². The van der Waals surface area contributed by atoms with E-state index in [1.165, 1.54) is 18.1 Å². The fourth-order valence-corrected chi connectivity index (χ4v) is 2.05. The van der Waals surface area contributed by atoms with Crippen LogP contribution in [0.3, 0.4) is 0 Å². The summed E-state index contributed by atoms with van der Waals surface area (Å²) < 4.78 is 13.8. The molecule has 0 bridgehead atoms. The molecule has 0 spiro atoms. The SMILES string of the molecule is CCNCc1ccc(Sc2ncn[nH]2)c(F)c1. The third kappa shape index (κ3) is 3.28. The summed E-state index contributed by atoms with van der Waals surface area (Å²) in [6.07, 6.45) is 1.40. The van der Waals surface area contributed by atoms with E-state index in [0.717, 1.165) is 12.1 Å². The summed E-state index contributed by atoms with van der Waals surface area (Å²) in [5, 5.41) is 10.1. The Balaban J connectivity index is 2.09. The molecule has 0 saturated carbocycles. The summed E-state index contributed by atoms with van der Waals surface area (Å²) in [5.74, 6) is -0.234. The van der Waals surface area contributed by atoms with Gasteiger partial charge in [0.05, 0.1) is 4.90 Å². The number of aromatic nitrogens is 3. The van der Waals surface area contributed by atoms with Crippen molar-refractivity contribution in [2.24, 2.45) is 0 Å². The van der Waals surface area contributed by atoms with Gasteiger partial charge in [0.2, 0.25) is 0 Å². The van der Waals surface area contributed by atoms with Crippen molar-refractivity contribution in [2.75, 3.05) is 6.54 Å². The van der Waals surface area contributed by atoms with Crippen molar-refractivity contribution in [1.29, 1.82) is 0 Å². The number of H-pyrrole nitrogens is 1. The van der Waals surface area contributed by atoms with Crippen molar-refractivity contribution in [2.45, 2.75) is 23.5 Å². The monoisotopic (exact) mass is 252 g/mol. The summed E-state index contributed by atoms with van der Waals surface area (Å²) in [5.41, 5.74) is 0.936. The molecular weight excluding hydrogens is 239 g/mol. The van der Waals surface area contributed by atoms with E-state index in [2.05, 4.69) is 20.5 Å². The van der Waals surface area contributed by atoms with Crippen LogP contribution in [-0.4, -0.2) is 21.7 Å². The number of benzene rings is 1. The van der Waals surface area contributed by atoms with Gasteiger partial charge >= 0.3 is 0 Å². The summed E-state index contributed by atoms with van der Waals surface area (Å²) in [6, 6.07) is 5.21. The van der Waals surface area contributed by atoms with Crippen LogP contribution in [0.25, 0.3) is 0 Å². The maximum atomic E-state index is 13.8. The standard InChI is InChI=1S/C11H13FN4S/c1-2-13-6-8-3-4-10(9(12)5-8)17-11-14-7-15-16-11/h3-5,7,13H,2,6H2,1H3,(H,14,15,16). The molecule has 0 aliphatic heterocycles. The number of aromatic amines is 1. The Morgan fingerprint density at radius 1 is 1.47 bits per heavy atom. The molecule has 0 fully saturated rings. The molecule has 17 heavy (non-hydrogen) atoms. The van der Waals surface area contributed by atoms with Crippen molar-refractivity contribution in [3.05, 3.63) is 35.9 Å². The number of halogens is 1. The van der Waals surface area contributed by atoms with Gasteiger partial charge in [0.15, 0.2) is 5.16 Å². The molecule has 1 aromatic carbocycles. The predicted molar refractivity (Wildman–Crippen MR) is 64.3 cm³/mol. The topological polar surface area (TPSA) is 53.6 Å². The first-order valence-corrected chi connectivity index (χ1v) is 6.13. The van der Waals surface area contributed by atoms with Gasteiger partial charge in [0.25, 0.3) is 0 Å². The molecule has 4 nitrogen and oxygen atoms in total. The van der Waals surface area contributed by atoms with Crippen LogP contribution in [0.2, 0.25) is 0 Å². The Morgan fingerprint density at radius 2 is 2.35 bits per heavy atom. The lowest BCUT2D eigenvalue weighted by Crippen LogP contribution is -2.11. The molecule has 0 aliphatic rings. The normalized spacial score (nSPS) is 10.7. The molecule has 90 valence electrons. The van der Waals surface area contributed by atoms with Crippen LogP contribution in [0.5, 0.6) is 0 Å². The quantitative estimate of drug-likeness (QED) is 0.856. The predicted octanol–water partition coefficient (Wildman–Crippen LogP) is 2.20. The van der Waals surface area contributed by atoms with E-state index >= 15 is 0 Å². The van der Waals surface area contributed by atoms with Gasteiger partial charge < -0.3 is 5.32 Å². The smallest absolute Gasteiger partial charge is 0.188 e. The first-order chi connectivity index (χ1) is 8.29. The van der Waals surface area contributed by atoms with Crippen molar-refractivity contribution in [3.8, 4) is 0 Å². The summed E-state index contributed by atoms with van der Waals surface area (Å²) >= 11 is 1.23. The Hall–Kier alpha value is -1.40. The van der Waals surface area contributed by atoms with Gasteiger partial charge in [-0.15, -0.1) is 0 Å². The molecule has 2 aromatic rings. The van der Waals surface area contributed by atoms with Gasteiger partial charge in [-0.2, -0.15) is 5.10 Å². The molecule has 0 saturated heterocycles. The highest BCUT2D eigenvalue weighted by molar-refractivity contribution is 7.99. The van der Waals surface area contributed by atoms with E-state index in [-0.39, 0.29) is 5.82 Å². The minimum atomic E-state index is -0.234. The molecule has 0 amide bonds. The third-order valence-corrected chi connectivity index (χ3v) is 3.12. The number of hydrogen-bond acceptors (Lipinski definition) is 4. The highest BCUT2D eigenvalue weighted by Gasteiger charge is 2.07. The minimum absolute atomic E-state index is 0.234. The zero-order chi connectivity index (χ0) is 12.1. The molecule has 1 aromatic heterocycles. The van der Waals surface area contributed by atoms with Gasteiger partial charge in [-0.25, -0.2) is 9.37 Å². The van der Waals surface area contributed by atoms with Gasteiger partial charge in [0, 0.05) is 6.54 Å². The second-order valence-electron chi connectivity index (χ2n) is 3.44. The second-order valence-corrected chi connectivity index (χ2v) is 4.47. The van der Waals surface area contributed by atoms with Gasteiger partial charge in [-0.1, -0.05) is 13.0 Å². The first kappa shape index (κ1) is 12.1. The van der Waals surface area contributed by atoms with Crippen LogP contribution in [0.15, 0.2) is 34.6 Å². The maximum Gasteiger partial charge on any atom is 0.188 e. The van der Waals surface area contributed by atoms with E-state index in [9.17, 15) is 4.39 Å². The Kier molecular flexibility index (Phi) is 4.11. The van der Waals surface area contributed by atoms with Crippen molar-refractivity contribution in [3.63, 3.8) is 0 Å². The molecule has 1 heterocycles. The summed E-state index contributed by atoms with van der Waals surface area (Å²) in [6.45, 7) is 3.57. The van der Waals surface area contributed by atoms with Crippen LogP contribution in [0, 0.1) is 5.82 Å². The van der Waals surface area contributed by atoms with Crippen LogP contribution in [0.4, 0.5) is 4.39 Å². The molecule has 0 radical (unpaired) electrons. The molecule has 0 unspecified atom stereocenters. The molecule has 2 rings (SSSR count). The third-order valence-electron chi connectivity index (χ3n) is 2.17. The maximum absolute atomic E-state index is 13.8. The largest absolute Gasteiger partial charge is 0.313 e. The van der Waals surface area contributed by atoms with E-state index in [0.29, 0.717) is 16.6 Å². The van der Waals surface area contributed by atoms with Crippen molar-refractivity contribution < 1.29 is 4.39 Å². The molecule has 0 atom stereocenters. The van der Waals surface area contributed by atoms with E-state index in [4.69, 9.17) is 0 Å². The average Bonchev–Trinajstić information content (AvgIpc) is 2.82. The molecule has 2 N–H and O–H groups in total. The zero-order valence-corrected chi connectivity index (χ0v) is 10.2. The number of hydrogen-bond donors (Lipinski definition) is 2. The van der Waals surface area contributed by atoms with Crippen LogP contribution >= 0.6 is 11.8 Å². The zero-order valence-electron chi connectivity index (χ0n) is 9.40. The lowest BCUT2D eigenvalue weighted by atomic mass is 10.2. The van der Waals surface area contributed by atoms with E-state index in [1.807, 2.05) is 13.0 Å². The second kappa shape index (κ2) is 5.79. The molecule has 6 heteroatoms. The molecular formula is C11H13FN4S. The van der Waals surface area contributed by atoms with Gasteiger partial charge in [0.1, 0.15) is 12.1 Å². The number of rotatable bonds is 5. The fraction of sp³-hybridized carbons (Fsp3) is 0.273. The first-order valence-electron chi connectivity index (χ1n) is 5.32. The van der Waals surface area contributed by atoms with Crippen LogP contribution in [0.1, 0.15) is 12.5 Å². The summed E-state index contributed by atoms with van der Waals surface area (Å²) in [4.78, 5) is 4.49. The number of nitrogens with zero attached hydrogens (tertiary/aromatic N) is 2. The van der Waals surface area contributed by atoms with E-state index in [1.54, 1.807) is 12.1 Å². The van der Waals surface area contributed by atoms with Crippen LogP contribution < -0.4 is 5.32 Å². The van der Waals surface area contributed by atoms with Gasteiger partial charge in [-0.3, -0.25) is 5.10 Å². The van der Waals surface area contributed by atoms with E-state index < -0.39 is 0 Å². The molecule has 0 aliphatic carbocycles. The van der Waals surface area contributed by atoms with Gasteiger partial charge in [-0.05, 0) is 36.0 Å². The fourth-order valence-electron chi connectivity index (χ4n) is 1.35. The minimum Gasteiger partial charge on any atom is -0.313 e. The number of nitrogens with one attached hydrogen (secondary N) is 2. The van der Waals surface area contributed by atoms with Crippen molar-refractivity contribution >= 4 is 11.8 Å². The lowest BCUT2D eigenvalue weighted by molar-refractivity contribution is 0.596.